The zero-order chi connectivity index (χ0) is 17.5. The lowest BCUT2D eigenvalue weighted by Crippen LogP contribution is -2.50. The summed E-state index contributed by atoms with van der Waals surface area (Å²) in [5.74, 6) is 1.57. The van der Waals surface area contributed by atoms with Crippen LogP contribution in [-0.2, 0) is 0 Å². The second-order valence-corrected chi connectivity index (χ2v) is 6.81. The molecule has 1 aliphatic rings. The highest BCUT2D eigenvalue weighted by atomic mass is 15.4. The molecule has 1 fully saturated rings. The highest BCUT2D eigenvalue weighted by Crippen LogP contribution is 2.26. The quantitative estimate of drug-likeness (QED) is 0.613. The van der Waals surface area contributed by atoms with E-state index in [4.69, 9.17) is 0 Å². The first-order chi connectivity index (χ1) is 12.8. The van der Waals surface area contributed by atoms with E-state index in [1.54, 1.807) is 10.8 Å². The van der Waals surface area contributed by atoms with Crippen molar-refractivity contribution in [1.29, 1.82) is 0 Å². The number of nitrogens with zero attached hydrogens (tertiary/aromatic N) is 6. The van der Waals surface area contributed by atoms with Gasteiger partial charge in [-0.25, -0.2) is 0 Å². The van der Waals surface area contributed by atoms with Gasteiger partial charge in [-0.15, -0.1) is 15.3 Å². The van der Waals surface area contributed by atoms with Crippen LogP contribution in [0.2, 0.25) is 0 Å². The van der Waals surface area contributed by atoms with E-state index in [1.807, 2.05) is 25.1 Å². The van der Waals surface area contributed by atoms with E-state index < -0.39 is 0 Å². The summed E-state index contributed by atoms with van der Waals surface area (Å²) in [6, 6.07) is 14.4. The number of para-hydroxylation sites is 1. The van der Waals surface area contributed by atoms with Gasteiger partial charge in [-0.05, 0) is 31.2 Å². The summed E-state index contributed by atoms with van der Waals surface area (Å²) >= 11 is 0. The summed E-state index contributed by atoms with van der Waals surface area (Å²) in [4.78, 5) is 6.88. The zero-order valence-electron chi connectivity index (χ0n) is 14.5. The largest absolute Gasteiger partial charge is 0.384 e. The fourth-order valence-corrected chi connectivity index (χ4v) is 3.48. The van der Waals surface area contributed by atoms with Crippen molar-refractivity contribution in [2.75, 3.05) is 29.9 Å². The third-order valence-electron chi connectivity index (χ3n) is 4.85. The first kappa shape index (κ1) is 15.1. The molecule has 1 saturated heterocycles. The molecule has 0 bridgehead atoms. The Hall–Kier alpha value is -3.22. The van der Waals surface area contributed by atoms with Gasteiger partial charge in [-0.2, -0.15) is 4.52 Å². The Morgan fingerprint density at radius 3 is 2.96 bits per heavy atom. The van der Waals surface area contributed by atoms with Crippen molar-refractivity contribution in [3.05, 3.63) is 54.5 Å². The molecule has 0 unspecified atom stereocenters. The molecular formula is C19H19N7. The predicted octanol–water partition coefficient (Wildman–Crippen LogP) is 2.53. The van der Waals surface area contributed by atoms with Crippen molar-refractivity contribution < 1.29 is 0 Å². The molecule has 130 valence electrons. The molecule has 0 saturated carbocycles. The number of hydrogen-bond acceptors (Lipinski definition) is 6. The molecule has 5 rings (SSSR count). The lowest BCUT2D eigenvalue weighted by molar-refractivity contribution is 0.425. The van der Waals surface area contributed by atoms with Crippen LogP contribution >= 0.6 is 0 Å². The molecule has 0 aliphatic carbocycles. The molecule has 3 aromatic heterocycles. The lowest BCUT2D eigenvalue weighted by atomic mass is 10.00. The molecule has 7 heteroatoms. The van der Waals surface area contributed by atoms with Gasteiger partial charge in [-0.3, -0.25) is 4.98 Å². The number of aromatic nitrogens is 5. The summed E-state index contributed by atoms with van der Waals surface area (Å²) in [6.07, 6.45) is 1.63. The van der Waals surface area contributed by atoms with Gasteiger partial charge >= 0.3 is 0 Å². The van der Waals surface area contributed by atoms with Crippen LogP contribution in [0.15, 0.2) is 48.8 Å². The first-order valence-corrected chi connectivity index (χ1v) is 8.78. The van der Waals surface area contributed by atoms with Crippen molar-refractivity contribution in [2.24, 2.45) is 5.92 Å². The lowest BCUT2D eigenvalue weighted by Gasteiger charge is -2.40. The van der Waals surface area contributed by atoms with Crippen LogP contribution in [0.5, 0.6) is 0 Å². The maximum Gasteiger partial charge on any atom is 0.177 e. The monoisotopic (exact) mass is 345 g/mol. The van der Waals surface area contributed by atoms with Crippen LogP contribution in [0.25, 0.3) is 16.6 Å². The van der Waals surface area contributed by atoms with Crippen molar-refractivity contribution in [3.63, 3.8) is 0 Å². The molecule has 0 radical (unpaired) electrons. The molecular weight excluding hydrogens is 326 g/mol. The summed E-state index contributed by atoms with van der Waals surface area (Å²) in [7, 11) is 0. The van der Waals surface area contributed by atoms with E-state index in [9.17, 15) is 0 Å². The minimum Gasteiger partial charge on any atom is -0.384 e. The van der Waals surface area contributed by atoms with Crippen LogP contribution in [0.1, 0.15) is 5.69 Å². The van der Waals surface area contributed by atoms with E-state index in [0.717, 1.165) is 48.0 Å². The topological polar surface area (TPSA) is 71.2 Å². The summed E-state index contributed by atoms with van der Waals surface area (Å²) in [5.41, 5.74) is 4.01. The van der Waals surface area contributed by atoms with Gasteiger partial charge in [-0.1, -0.05) is 18.2 Å². The van der Waals surface area contributed by atoms with E-state index in [1.165, 1.54) is 5.39 Å². The van der Waals surface area contributed by atoms with Gasteiger partial charge in [0, 0.05) is 42.3 Å². The van der Waals surface area contributed by atoms with E-state index in [0.29, 0.717) is 5.92 Å². The predicted molar refractivity (Wildman–Crippen MR) is 101 cm³/mol. The minimum atomic E-state index is 0.598. The fourth-order valence-electron chi connectivity index (χ4n) is 3.48. The fraction of sp³-hybridized carbons (Fsp3) is 0.263. The zero-order valence-corrected chi connectivity index (χ0v) is 14.5. The Balaban J connectivity index is 1.25. The smallest absolute Gasteiger partial charge is 0.177 e. The van der Waals surface area contributed by atoms with E-state index >= 15 is 0 Å². The standard InChI is InChI=1S/C19H19N7/c1-13-8-17(15-4-2-3-5-16(15)22-13)20-9-14-10-25(11-14)19-7-6-18-23-21-12-26(18)24-19/h2-8,12,14H,9-11H2,1H3,(H,20,22). The van der Waals surface area contributed by atoms with Crippen LogP contribution < -0.4 is 10.2 Å². The van der Waals surface area contributed by atoms with Crippen LogP contribution in [0, 0.1) is 12.8 Å². The normalized spacial score (nSPS) is 14.7. The molecule has 4 aromatic rings. The van der Waals surface area contributed by atoms with Gasteiger partial charge in [0.15, 0.2) is 5.65 Å². The average molecular weight is 345 g/mol. The van der Waals surface area contributed by atoms with Crippen LogP contribution in [-0.4, -0.2) is 44.4 Å². The second-order valence-electron chi connectivity index (χ2n) is 6.81. The highest BCUT2D eigenvalue weighted by molar-refractivity contribution is 5.91. The van der Waals surface area contributed by atoms with Gasteiger partial charge in [0.25, 0.3) is 0 Å². The number of hydrogen-bond donors (Lipinski definition) is 1. The SMILES string of the molecule is Cc1cc(NCC2CN(c3ccc4nncn4n3)C2)c2ccccc2n1. The number of pyridine rings is 1. The average Bonchev–Trinajstić information content (AvgIpc) is 3.08. The summed E-state index contributed by atoms with van der Waals surface area (Å²) in [5, 5.41) is 17.2. The Morgan fingerprint density at radius 2 is 2.04 bits per heavy atom. The number of nitrogens with one attached hydrogen (secondary N) is 1. The van der Waals surface area contributed by atoms with Gasteiger partial charge in [0.05, 0.1) is 5.52 Å². The Bertz CT molecular complexity index is 1080. The molecule has 0 amide bonds. The highest BCUT2D eigenvalue weighted by Gasteiger charge is 2.28. The summed E-state index contributed by atoms with van der Waals surface area (Å²) in [6.45, 7) is 4.97. The third kappa shape index (κ3) is 2.61. The molecule has 7 nitrogen and oxygen atoms in total. The number of rotatable bonds is 4. The second kappa shape index (κ2) is 5.94. The molecule has 1 aromatic carbocycles. The Labute approximate surface area is 150 Å². The molecule has 1 N–H and O–H groups in total. The third-order valence-corrected chi connectivity index (χ3v) is 4.85. The van der Waals surface area contributed by atoms with Crippen molar-refractivity contribution in [1.82, 2.24) is 24.8 Å². The van der Waals surface area contributed by atoms with E-state index in [2.05, 4.69) is 54.8 Å². The molecule has 26 heavy (non-hydrogen) atoms. The number of aryl methyl sites for hydroxylation is 1. The maximum absolute atomic E-state index is 4.60. The minimum absolute atomic E-state index is 0.598. The van der Waals surface area contributed by atoms with Crippen molar-refractivity contribution in [2.45, 2.75) is 6.92 Å². The van der Waals surface area contributed by atoms with Crippen LogP contribution in [0.4, 0.5) is 11.5 Å². The summed E-state index contributed by atoms with van der Waals surface area (Å²) < 4.78 is 1.72. The first-order valence-electron chi connectivity index (χ1n) is 8.78. The van der Waals surface area contributed by atoms with Crippen molar-refractivity contribution >= 4 is 28.1 Å². The van der Waals surface area contributed by atoms with Crippen molar-refractivity contribution in [3.8, 4) is 0 Å². The number of fused-ring (bicyclic) bond motifs is 2. The van der Waals surface area contributed by atoms with Gasteiger partial charge < -0.3 is 10.2 Å². The molecule has 0 atom stereocenters. The number of anilines is 2. The van der Waals surface area contributed by atoms with E-state index in [-0.39, 0.29) is 0 Å². The maximum atomic E-state index is 4.60. The van der Waals surface area contributed by atoms with Gasteiger partial charge in [0.2, 0.25) is 0 Å². The molecule has 4 heterocycles. The number of benzene rings is 1. The molecule has 1 aliphatic heterocycles. The Morgan fingerprint density at radius 1 is 1.15 bits per heavy atom. The molecule has 0 spiro atoms. The van der Waals surface area contributed by atoms with Gasteiger partial charge in [0.1, 0.15) is 12.1 Å². The van der Waals surface area contributed by atoms with Crippen LogP contribution in [0.3, 0.4) is 0 Å². The Kier molecular flexibility index (Phi) is 3.44.